The molecule has 6 heteroatoms. The van der Waals surface area contributed by atoms with Crippen molar-refractivity contribution in [1.82, 2.24) is 0 Å². The van der Waals surface area contributed by atoms with Crippen molar-refractivity contribution < 1.29 is 14.3 Å². The average Bonchev–Trinajstić information content (AvgIpc) is 2.70. The van der Waals surface area contributed by atoms with Crippen LogP contribution in [0.3, 0.4) is 0 Å². The third-order valence-electron chi connectivity index (χ3n) is 3.76. The minimum Gasteiger partial charge on any atom is -0.490 e. The van der Waals surface area contributed by atoms with Crippen LogP contribution in [0.1, 0.15) is 26.7 Å². The lowest BCUT2D eigenvalue weighted by Crippen LogP contribution is -2.43. The summed E-state index contributed by atoms with van der Waals surface area (Å²) in [6.07, 6.45) is 1.38. The number of hydrogen-bond acceptors (Lipinski definition) is 4. The minimum atomic E-state index is -0.862. The fourth-order valence-corrected chi connectivity index (χ4v) is 2.19. The molecule has 1 atom stereocenters. The van der Waals surface area contributed by atoms with E-state index in [1.54, 1.807) is 25.1 Å². The molecule has 0 radical (unpaired) electrons. The summed E-state index contributed by atoms with van der Waals surface area (Å²) in [5, 5.41) is 2.84. The van der Waals surface area contributed by atoms with E-state index in [0.29, 0.717) is 36.8 Å². The first kappa shape index (κ1) is 15.6. The van der Waals surface area contributed by atoms with Gasteiger partial charge in [-0.25, -0.2) is 0 Å². The molecule has 0 saturated carbocycles. The highest BCUT2D eigenvalue weighted by Gasteiger charge is 2.34. The largest absolute Gasteiger partial charge is 0.490 e. The zero-order valence-electron chi connectivity index (χ0n) is 12.3. The molecular formula is C15H20N2O3S. The van der Waals surface area contributed by atoms with E-state index >= 15 is 0 Å². The van der Waals surface area contributed by atoms with Crippen molar-refractivity contribution in [2.45, 2.75) is 26.7 Å². The van der Waals surface area contributed by atoms with E-state index in [1.165, 1.54) is 0 Å². The Morgan fingerprint density at radius 3 is 2.67 bits per heavy atom. The summed E-state index contributed by atoms with van der Waals surface area (Å²) in [7, 11) is 0. The van der Waals surface area contributed by atoms with Gasteiger partial charge in [0.25, 0.3) is 0 Å². The zero-order chi connectivity index (χ0) is 15.5. The number of benzene rings is 1. The van der Waals surface area contributed by atoms with E-state index in [0.717, 1.165) is 6.42 Å². The summed E-state index contributed by atoms with van der Waals surface area (Å²) in [5.74, 6) is 1.11. The van der Waals surface area contributed by atoms with E-state index < -0.39 is 5.41 Å². The summed E-state index contributed by atoms with van der Waals surface area (Å²) in [6.45, 7) is 4.86. The predicted molar refractivity (Wildman–Crippen MR) is 85.9 cm³/mol. The van der Waals surface area contributed by atoms with Gasteiger partial charge in [-0.1, -0.05) is 19.1 Å². The molecule has 114 valence electrons. The second-order valence-corrected chi connectivity index (χ2v) is 5.66. The lowest BCUT2D eigenvalue weighted by Gasteiger charge is -2.25. The molecule has 2 rings (SSSR count). The summed E-state index contributed by atoms with van der Waals surface area (Å²) in [6, 6.07) is 5.33. The van der Waals surface area contributed by atoms with E-state index in [2.05, 4.69) is 5.32 Å². The highest BCUT2D eigenvalue weighted by molar-refractivity contribution is 7.80. The van der Waals surface area contributed by atoms with Crippen LogP contribution in [-0.2, 0) is 4.79 Å². The van der Waals surface area contributed by atoms with E-state index in [9.17, 15) is 4.79 Å². The molecule has 0 bridgehead atoms. The van der Waals surface area contributed by atoms with Crippen LogP contribution in [0.25, 0.3) is 0 Å². The second kappa shape index (κ2) is 6.30. The van der Waals surface area contributed by atoms with Crippen LogP contribution in [-0.4, -0.2) is 24.1 Å². The van der Waals surface area contributed by atoms with E-state index in [4.69, 9.17) is 27.4 Å². The molecule has 1 aromatic rings. The number of amides is 1. The molecule has 1 amide bonds. The van der Waals surface area contributed by atoms with Crippen molar-refractivity contribution in [2.24, 2.45) is 11.1 Å². The van der Waals surface area contributed by atoms with Crippen LogP contribution in [0.2, 0.25) is 0 Å². The first-order valence-corrected chi connectivity index (χ1v) is 7.39. The number of hydrogen-bond donors (Lipinski definition) is 2. The first-order chi connectivity index (χ1) is 9.97. The molecule has 21 heavy (non-hydrogen) atoms. The molecule has 1 aromatic carbocycles. The van der Waals surface area contributed by atoms with Crippen molar-refractivity contribution in [3.8, 4) is 11.5 Å². The lowest BCUT2D eigenvalue weighted by atomic mass is 9.86. The van der Waals surface area contributed by atoms with Crippen molar-refractivity contribution in [2.75, 3.05) is 18.5 Å². The van der Waals surface area contributed by atoms with Gasteiger partial charge >= 0.3 is 0 Å². The third kappa shape index (κ3) is 3.26. The fraction of sp³-hybridized carbons (Fsp3) is 0.467. The van der Waals surface area contributed by atoms with E-state index in [-0.39, 0.29) is 10.9 Å². The number of rotatable bonds is 4. The van der Waals surface area contributed by atoms with Gasteiger partial charge in [-0.15, -0.1) is 0 Å². The van der Waals surface area contributed by atoms with Crippen LogP contribution in [0.15, 0.2) is 18.2 Å². The maximum Gasteiger partial charge on any atom is 0.237 e. The van der Waals surface area contributed by atoms with Gasteiger partial charge in [0.05, 0.1) is 23.6 Å². The van der Waals surface area contributed by atoms with Gasteiger partial charge in [-0.2, -0.15) is 0 Å². The number of carbonyl (C=O) groups excluding carboxylic acids is 1. The quantitative estimate of drug-likeness (QED) is 0.836. The normalized spacial score (nSPS) is 16.5. The molecule has 0 saturated heterocycles. The SMILES string of the molecule is CCC(C)(C(=O)Nc1ccc2c(c1)OCCCO2)C(N)=S. The van der Waals surface area contributed by atoms with Crippen molar-refractivity contribution in [3.05, 3.63) is 18.2 Å². The Morgan fingerprint density at radius 1 is 1.38 bits per heavy atom. The average molecular weight is 308 g/mol. The van der Waals surface area contributed by atoms with Crippen molar-refractivity contribution in [1.29, 1.82) is 0 Å². The Balaban J connectivity index is 2.18. The fourth-order valence-electron chi connectivity index (χ4n) is 1.96. The molecule has 3 N–H and O–H groups in total. The monoisotopic (exact) mass is 308 g/mol. The maximum atomic E-state index is 12.4. The molecule has 5 nitrogen and oxygen atoms in total. The number of carbonyl (C=O) groups is 1. The zero-order valence-corrected chi connectivity index (χ0v) is 13.1. The number of nitrogens with two attached hydrogens (primary N) is 1. The van der Waals surface area contributed by atoms with Gasteiger partial charge in [-0.3, -0.25) is 4.79 Å². The van der Waals surface area contributed by atoms with Crippen LogP contribution in [0.5, 0.6) is 11.5 Å². The van der Waals surface area contributed by atoms with Gasteiger partial charge in [0.1, 0.15) is 0 Å². The van der Waals surface area contributed by atoms with Crippen LogP contribution >= 0.6 is 12.2 Å². The minimum absolute atomic E-state index is 0.192. The van der Waals surface area contributed by atoms with Crippen LogP contribution < -0.4 is 20.5 Å². The van der Waals surface area contributed by atoms with Crippen LogP contribution in [0, 0.1) is 5.41 Å². The van der Waals surface area contributed by atoms with Crippen molar-refractivity contribution >= 4 is 28.8 Å². The number of anilines is 1. The van der Waals surface area contributed by atoms with Gasteiger partial charge in [-0.05, 0) is 25.5 Å². The first-order valence-electron chi connectivity index (χ1n) is 6.98. The Kier molecular flexibility index (Phi) is 4.67. The molecule has 1 unspecified atom stereocenters. The van der Waals surface area contributed by atoms with E-state index in [1.807, 2.05) is 6.92 Å². The summed E-state index contributed by atoms with van der Waals surface area (Å²) < 4.78 is 11.2. The highest BCUT2D eigenvalue weighted by Crippen LogP contribution is 2.33. The molecule has 0 aliphatic carbocycles. The topological polar surface area (TPSA) is 73.6 Å². The Bertz CT molecular complexity index is 562. The highest BCUT2D eigenvalue weighted by atomic mass is 32.1. The summed E-state index contributed by atoms with van der Waals surface area (Å²) in [5.41, 5.74) is 5.47. The number of fused-ring (bicyclic) bond motifs is 1. The molecule has 0 spiro atoms. The number of ether oxygens (including phenoxy) is 2. The smallest absolute Gasteiger partial charge is 0.237 e. The molecule has 0 fully saturated rings. The van der Waals surface area contributed by atoms with Gasteiger partial charge in [0.2, 0.25) is 5.91 Å². The number of nitrogens with one attached hydrogen (secondary N) is 1. The lowest BCUT2D eigenvalue weighted by molar-refractivity contribution is -0.121. The van der Waals surface area contributed by atoms with Gasteiger partial charge in [0, 0.05) is 18.2 Å². The molecule has 1 aliphatic heterocycles. The van der Waals surface area contributed by atoms with Crippen LogP contribution in [0.4, 0.5) is 5.69 Å². The molecular weight excluding hydrogens is 288 g/mol. The Hall–Kier alpha value is -1.82. The Morgan fingerprint density at radius 2 is 2.05 bits per heavy atom. The number of thiocarbonyl (C=S) groups is 1. The second-order valence-electron chi connectivity index (χ2n) is 5.22. The van der Waals surface area contributed by atoms with Crippen molar-refractivity contribution in [3.63, 3.8) is 0 Å². The predicted octanol–water partition coefficient (Wildman–Crippen LogP) is 2.49. The molecule has 1 aliphatic rings. The Labute approximate surface area is 129 Å². The third-order valence-corrected chi connectivity index (χ3v) is 4.21. The maximum absolute atomic E-state index is 12.4. The van der Waals surface area contributed by atoms with Gasteiger partial charge < -0.3 is 20.5 Å². The summed E-state index contributed by atoms with van der Waals surface area (Å²) in [4.78, 5) is 12.6. The molecule has 1 heterocycles. The summed E-state index contributed by atoms with van der Waals surface area (Å²) >= 11 is 5.01. The standard InChI is InChI=1S/C15H20N2O3S/c1-3-15(2,13(16)21)14(18)17-10-5-6-11-12(9-10)20-8-4-7-19-11/h5-6,9H,3-4,7-8H2,1-2H3,(H2,16,21)(H,17,18). The van der Waals surface area contributed by atoms with Gasteiger partial charge in [0.15, 0.2) is 11.5 Å². The molecule has 0 aromatic heterocycles.